The first-order valence-corrected chi connectivity index (χ1v) is 6.14. The van der Waals surface area contributed by atoms with E-state index < -0.39 is 0 Å². The second kappa shape index (κ2) is 6.94. The molecule has 6 heteroatoms. The van der Waals surface area contributed by atoms with Gasteiger partial charge in [0.15, 0.2) is 5.76 Å². The summed E-state index contributed by atoms with van der Waals surface area (Å²) in [6.07, 6.45) is 1.60. The number of aliphatic hydroxyl groups excluding tert-OH is 1. The van der Waals surface area contributed by atoms with Crippen LogP contribution in [0.5, 0.6) is 0 Å². The van der Waals surface area contributed by atoms with Crippen LogP contribution in [-0.4, -0.2) is 36.6 Å². The van der Waals surface area contributed by atoms with Crippen molar-refractivity contribution < 1.29 is 19.1 Å². The molecule has 1 aromatic rings. The molecule has 3 N–H and O–H groups in total. The SMILES string of the molecule is CC(C)(CO)CNC(=O)CCNC(=O)c1ccco1. The predicted molar refractivity (Wildman–Crippen MR) is 69.5 cm³/mol. The van der Waals surface area contributed by atoms with E-state index in [1.165, 1.54) is 6.26 Å². The molecule has 106 valence electrons. The van der Waals surface area contributed by atoms with E-state index >= 15 is 0 Å². The van der Waals surface area contributed by atoms with E-state index in [2.05, 4.69) is 10.6 Å². The van der Waals surface area contributed by atoms with E-state index in [1.807, 2.05) is 13.8 Å². The number of rotatable bonds is 7. The van der Waals surface area contributed by atoms with Gasteiger partial charge in [0, 0.05) is 31.5 Å². The fourth-order valence-electron chi connectivity index (χ4n) is 1.27. The van der Waals surface area contributed by atoms with E-state index in [9.17, 15) is 9.59 Å². The molecule has 19 heavy (non-hydrogen) atoms. The Labute approximate surface area is 112 Å². The van der Waals surface area contributed by atoms with Crippen molar-refractivity contribution in [1.29, 1.82) is 0 Å². The number of carbonyl (C=O) groups is 2. The summed E-state index contributed by atoms with van der Waals surface area (Å²) in [5.74, 6) is -0.281. The molecular formula is C13H20N2O4. The van der Waals surface area contributed by atoms with Crippen LogP contribution in [0.25, 0.3) is 0 Å². The lowest BCUT2D eigenvalue weighted by Crippen LogP contribution is -2.37. The molecular weight excluding hydrogens is 248 g/mol. The van der Waals surface area contributed by atoms with E-state index in [0.29, 0.717) is 6.54 Å². The number of carbonyl (C=O) groups excluding carboxylic acids is 2. The summed E-state index contributed by atoms with van der Waals surface area (Å²) in [4.78, 5) is 23.0. The molecule has 0 spiro atoms. The van der Waals surface area contributed by atoms with Crippen molar-refractivity contribution in [3.63, 3.8) is 0 Å². The first kappa shape index (κ1) is 15.2. The van der Waals surface area contributed by atoms with Gasteiger partial charge >= 0.3 is 0 Å². The fraction of sp³-hybridized carbons (Fsp3) is 0.538. The van der Waals surface area contributed by atoms with Crippen LogP contribution < -0.4 is 10.6 Å². The monoisotopic (exact) mass is 268 g/mol. The summed E-state index contributed by atoms with van der Waals surface area (Å²) >= 11 is 0. The van der Waals surface area contributed by atoms with Gasteiger partial charge in [-0.25, -0.2) is 0 Å². The van der Waals surface area contributed by atoms with E-state index in [-0.39, 0.29) is 42.6 Å². The quantitative estimate of drug-likeness (QED) is 0.673. The molecule has 0 radical (unpaired) electrons. The highest BCUT2D eigenvalue weighted by molar-refractivity contribution is 5.91. The third-order valence-corrected chi connectivity index (χ3v) is 2.57. The first-order valence-electron chi connectivity index (χ1n) is 6.14. The predicted octanol–water partition coefficient (Wildman–Crippen LogP) is 0.534. The van der Waals surface area contributed by atoms with Crippen LogP contribution in [0.2, 0.25) is 0 Å². The van der Waals surface area contributed by atoms with Gasteiger partial charge in [-0.2, -0.15) is 0 Å². The number of aliphatic hydroxyl groups is 1. The van der Waals surface area contributed by atoms with Gasteiger partial charge in [0.2, 0.25) is 5.91 Å². The van der Waals surface area contributed by atoms with Crippen molar-refractivity contribution in [3.8, 4) is 0 Å². The minimum absolute atomic E-state index is 0.00249. The molecule has 0 aromatic carbocycles. The number of nitrogens with one attached hydrogen (secondary N) is 2. The summed E-state index contributed by atoms with van der Waals surface area (Å²) in [6.45, 7) is 4.35. The molecule has 0 aliphatic carbocycles. The Morgan fingerprint density at radius 3 is 2.68 bits per heavy atom. The molecule has 0 unspecified atom stereocenters. The minimum atomic E-state index is -0.340. The average Bonchev–Trinajstić information content (AvgIpc) is 2.90. The Kier molecular flexibility index (Phi) is 5.57. The van der Waals surface area contributed by atoms with Crippen molar-refractivity contribution in [1.82, 2.24) is 10.6 Å². The molecule has 0 saturated heterocycles. The first-order chi connectivity index (χ1) is 8.94. The van der Waals surface area contributed by atoms with Crippen molar-refractivity contribution in [2.75, 3.05) is 19.7 Å². The zero-order valence-electron chi connectivity index (χ0n) is 11.2. The van der Waals surface area contributed by atoms with Crippen LogP contribution in [0.15, 0.2) is 22.8 Å². The molecule has 2 amide bonds. The number of hydrogen-bond acceptors (Lipinski definition) is 4. The Balaban J connectivity index is 2.19. The van der Waals surface area contributed by atoms with Gasteiger partial charge in [-0.05, 0) is 12.1 Å². The third-order valence-electron chi connectivity index (χ3n) is 2.57. The topological polar surface area (TPSA) is 91.6 Å². The van der Waals surface area contributed by atoms with Gasteiger partial charge in [-0.15, -0.1) is 0 Å². The average molecular weight is 268 g/mol. The van der Waals surface area contributed by atoms with Crippen molar-refractivity contribution >= 4 is 11.8 Å². The Morgan fingerprint density at radius 2 is 2.11 bits per heavy atom. The van der Waals surface area contributed by atoms with Crippen molar-refractivity contribution in [3.05, 3.63) is 24.2 Å². The number of amides is 2. The number of hydrogen-bond donors (Lipinski definition) is 3. The lowest BCUT2D eigenvalue weighted by molar-refractivity contribution is -0.121. The van der Waals surface area contributed by atoms with Gasteiger partial charge in [-0.1, -0.05) is 13.8 Å². The van der Waals surface area contributed by atoms with Gasteiger partial charge in [0.05, 0.1) is 6.26 Å². The molecule has 0 aliphatic heterocycles. The van der Waals surface area contributed by atoms with Crippen LogP contribution >= 0.6 is 0 Å². The van der Waals surface area contributed by atoms with Gasteiger partial charge in [0.25, 0.3) is 5.91 Å². The van der Waals surface area contributed by atoms with Gasteiger partial charge in [0.1, 0.15) is 0 Å². The highest BCUT2D eigenvalue weighted by Crippen LogP contribution is 2.10. The van der Waals surface area contributed by atoms with E-state index in [0.717, 1.165) is 0 Å². The van der Waals surface area contributed by atoms with E-state index in [1.54, 1.807) is 12.1 Å². The second-order valence-electron chi connectivity index (χ2n) is 5.08. The summed E-state index contributed by atoms with van der Waals surface area (Å²) in [5, 5.41) is 14.3. The van der Waals surface area contributed by atoms with Crippen molar-refractivity contribution in [2.24, 2.45) is 5.41 Å². The molecule has 6 nitrogen and oxygen atoms in total. The molecule has 1 heterocycles. The Morgan fingerprint density at radius 1 is 1.37 bits per heavy atom. The van der Waals surface area contributed by atoms with Crippen LogP contribution in [-0.2, 0) is 4.79 Å². The molecule has 1 aromatic heterocycles. The van der Waals surface area contributed by atoms with Crippen LogP contribution in [0.1, 0.15) is 30.8 Å². The largest absolute Gasteiger partial charge is 0.459 e. The van der Waals surface area contributed by atoms with Gasteiger partial charge < -0.3 is 20.2 Å². The lowest BCUT2D eigenvalue weighted by atomic mass is 9.95. The minimum Gasteiger partial charge on any atom is -0.459 e. The Bertz CT molecular complexity index is 412. The normalized spacial score (nSPS) is 11.1. The lowest BCUT2D eigenvalue weighted by Gasteiger charge is -2.21. The third kappa shape index (κ3) is 5.56. The maximum Gasteiger partial charge on any atom is 0.286 e. The van der Waals surface area contributed by atoms with Crippen molar-refractivity contribution in [2.45, 2.75) is 20.3 Å². The summed E-state index contributed by atoms with van der Waals surface area (Å²) < 4.78 is 4.92. The number of furan rings is 1. The van der Waals surface area contributed by atoms with Crippen LogP contribution in [0, 0.1) is 5.41 Å². The smallest absolute Gasteiger partial charge is 0.286 e. The molecule has 1 rings (SSSR count). The van der Waals surface area contributed by atoms with Crippen LogP contribution in [0.3, 0.4) is 0 Å². The standard InChI is InChI=1S/C13H20N2O4/c1-13(2,9-16)8-15-11(17)5-6-14-12(18)10-4-3-7-19-10/h3-4,7,16H,5-6,8-9H2,1-2H3,(H,14,18)(H,15,17). The van der Waals surface area contributed by atoms with Crippen LogP contribution in [0.4, 0.5) is 0 Å². The van der Waals surface area contributed by atoms with E-state index in [4.69, 9.17) is 9.52 Å². The highest BCUT2D eigenvalue weighted by Gasteiger charge is 2.17. The fourth-order valence-corrected chi connectivity index (χ4v) is 1.27. The highest BCUT2D eigenvalue weighted by atomic mass is 16.3. The second-order valence-corrected chi connectivity index (χ2v) is 5.08. The summed E-state index contributed by atoms with van der Waals surface area (Å²) in [5.41, 5.74) is -0.340. The maximum absolute atomic E-state index is 11.5. The maximum atomic E-state index is 11.5. The zero-order chi connectivity index (χ0) is 14.3. The molecule has 0 fully saturated rings. The Hall–Kier alpha value is -1.82. The molecule has 0 bridgehead atoms. The molecule has 0 aliphatic rings. The summed E-state index contributed by atoms with van der Waals surface area (Å²) in [6, 6.07) is 3.18. The molecule has 0 saturated carbocycles. The summed E-state index contributed by atoms with van der Waals surface area (Å²) in [7, 11) is 0. The molecule has 0 atom stereocenters. The van der Waals surface area contributed by atoms with Gasteiger partial charge in [-0.3, -0.25) is 9.59 Å². The zero-order valence-corrected chi connectivity index (χ0v) is 11.2.